The van der Waals surface area contributed by atoms with Crippen molar-refractivity contribution in [3.05, 3.63) is 51.3 Å². The predicted octanol–water partition coefficient (Wildman–Crippen LogP) is 4.24. The Kier molecular flexibility index (Phi) is 4.57. The summed E-state index contributed by atoms with van der Waals surface area (Å²) in [5.74, 6) is 0.465. The first-order chi connectivity index (χ1) is 9.45. The lowest BCUT2D eigenvalue weighted by Gasteiger charge is -2.06. The molecule has 0 saturated carbocycles. The van der Waals surface area contributed by atoms with Gasteiger partial charge in [0.25, 0.3) is 0 Å². The van der Waals surface area contributed by atoms with Crippen molar-refractivity contribution >= 4 is 34.9 Å². The average molecular weight is 309 g/mol. The molecule has 0 fully saturated rings. The molecule has 0 radical (unpaired) electrons. The molecule has 4 nitrogen and oxygen atoms in total. The number of hydrogen-bond donors (Lipinski definition) is 1. The fourth-order valence-corrected chi connectivity index (χ4v) is 2.30. The van der Waals surface area contributed by atoms with Crippen LogP contribution in [0.2, 0.25) is 10.0 Å². The van der Waals surface area contributed by atoms with Gasteiger partial charge in [0.2, 0.25) is 5.95 Å². The van der Waals surface area contributed by atoms with E-state index in [1.54, 1.807) is 12.1 Å². The van der Waals surface area contributed by atoms with Crippen LogP contribution in [0.15, 0.2) is 29.4 Å². The van der Waals surface area contributed by atoms with Gasteiger partial charge in [0.05, 0.1) is 10.7 Å². The number of benzene rings is 1. The van der Waals surface area contributed by atoms with Crippen LogP contribution in [0.5, 0.6) is 0 Å². The minimum atomic E-state index is 0.465. The number of halogens is 2. The lowest BCUT2D eigenvalue weighted by atomic mass is 10.1. The predicted molar refractivity (Wildman–Crippen MR) is 83.8 cm³/mol. The molecule has 0 aliphatic rings. The molecule has 20 heavy (non-hydrogen) atoms. The van der Waals surface area contributed by atoms with Gasteiger partial charge in [0.15, 0.2) is 0 Å². The summed E-state index contributed by atoms with van der Waals surface area (Å²) in [5.41, 5.74) is 6.16. The molecule has 1 heterocycles. The van der Waals surface area contributed by atoms with Gasteiger partial charge in [0.1, 0.15) is 0 Å². The lowest BCUT2D eigenvalue weighted by molar-refractivity contribution is 1.03. The Morgan fingerprint density at radius 1 is 1.10 bits per heavy atom. The first kappa shape index (κ1) is 14.8. The molecule has 0 unspecified atom stereocenters. The molecule has 0 bridgehead atoms. The van der Waals surface area contributed by atoms with Crippen LogP contribution in [0, 0.1) is 13.8 Å². The third-order valence-electron chi connectivity index (χ3n) is 2.63. The van der Waals surface area contributed by atoms with E-state index >= 15 is 0 Å². The number of aromatic nitrogens is 2. The lowest BCUT2D eigenvalue weighted by Crippen LogP contribution is -2.04. The molecule has 0 saturated heterocycles. The van der Waals surface area contributed by atoms with Gasteiger partial charge in [-0.1, -0.05) is 29.3 Å². The summed E-state index contributed by atoms with van der Waals surface area (Å²) >= 11 is 12.0. The van der Waals surface area contributed by atoms with Gasteiger partial charge >= 0.3 is 0 Å². The minimum absolute atomic E-state index is 0.465. The minimum Gasteiger partial charge on any atom is -0.245 e. The summed E-state index contributed by atoms with van der Waals surface area (Å²) in [4.78, 5) is 8.51. The van der Waals surface area contributed by atoms with Gasteiger partial charge in [-0.05, 0) is 39.0 Å². The normalized spacial score (nSPS) is 11.6. The van der Waals surface area contributed by atoms with Crippen molar-refractivity contribution in [2.24, 2.45) is 5.10 Å². The van der Waals surface area contributed by atoms with Crippen LogP contribution in [0.25, 0.3) is 0 Å². The van der Waals surface area contributed by atoms with E-state index in [9.17, 15) is 0 Å². The van der Waals surface area contributed by atoms with Gasteiger partial charge in [-0.25, -0.2) is 15.4 Å². The van der Waals surface area contributed by atoms with Crippen molar-refractivity contribution < 1.29 is 0 Å². The molecule has 1 N–H and O–H groups in total. The zero-order chi connectivity index (χ0) is 14.7. The zero-order valence-electron chi connectivity index (χ0n) is 11.4. The molecule has 104 valence electrons. The van der Waals surface area contributed by atoms with Crippen LogP contribution in [-0.2, 0) is 0 Å². The van der Waals surface area contributed by atoms with Gasteiger partial charge in [-0.2, -0.15) is 5.10 Å². The number of hydrogen-bond acceptors (Lipinski definition) is 4. The van der Waals surface area contributed by atoms with E-state index in [1.807, 2.05) is 32.9 Å². The highest BCUT2D eigenvalue weighted by molar-refractivity contribution is 6.37. The Balaban J connectivity index is 2.22. The topological polar surface area (TPSA) is 50.2 Å². The fraction of sp³-hybridized carbons (Fsp3) is 0.214. The Hall–Kier alpha value is -1.65. The SMILES string of the molecule is C/C(=N\Nc1nc(C)cc(C)n1)c1ccc(Cl)cc1Cl. The maximum absolute atomic E-state index is 6.13. The molecule has 0 spiro atoms. The number of hydrazone groups is 1. The standard InChI is InChI=1S/C14H14Cl2N4/c1-8-6-9(2)18-14(17-8)20-19-10(3)12-5-4-11(15)7-13(12)16/h4-7H,1-3H3,(H,17,18,20)/b19-10+. The van der Waals surface area contributed by atoms with E-state index in [0.29, 0.717) is 16.0 Å². The molecule has 0 aliphatic carbocycles. The second-order valence-corrected chi connectivity index (χ2v) is 5.25. The average Bonchev–Trinajstić information content (AvgIpc) is 2.35. The number of nitrogens with zero attached hydrogens (tertiary/aromatic N) is 3. The van der Waals surface area contributed by atoms with Crippen LogP contribution in [-0.4, -0.2) is 15.7 Å². The molecule has 0 amide bonds. The molecule has 2 rings (SSSR count). The van der Waals surface area contributed by atoms with Gasteiger partial charge < -0.3 is 0 Å². The van der Waals surface area contributed by atoms with E-state index in [-0.39, 0.29) is 0 Å². The molecular formula is C14H14Cl2N4. The third-order valence-corrected chi connectivity index (χ3v) is 3.17. The van der Waals surface area contributed by atoms with Gasteiger partial charge in [-0.15, -0.1) is 0 Å². The first-order valence-corrected chi connectivity index (χ1v) is 6.79. The van der Waals surface area contributed by atoms with E-state index in [0.717, 1.165) is 22.7 Å². The van der Waals surface area contributed by atoms with E-state index in [1.165, 1.54) is 0 Å². The zero-order valence-corrected chi connectivity index (χ0v) is 12.9. The second-order valence-electron chi connectivity index (χ2n) is 4.41. The highest BCUT2D eigenvalue weighted by atomic mass is 35.5. The van der Waals surface area contributed by atoms with E-state index < -0.39 is 0 Å². The van der Waals surface area contributed by atoms with Crippen LogP contribution in [0.1, 0.15) is 23.9 Å². The molecule has 6 heteroatoms. The van der Waals surface area contributed by atoms with Gasteiger partial charge in [-0.3, -0.25) is 0 Å². The number of anilines is 1. The van der Waals surface area contributed by atoms with Crippen molar-refractivity contribution in [2.45, 2.75) is 20.8 Å². The number of rotatable bonds is 3. The highest BCUT2D eigenvalue weighted by Crippen LogP contribution is 2.21. The summed E-state index contributed by atoms with van der Waals surface area (Å²) in [5, 5.41) is 5.40. The van der Waals surface area contributed by atoms with Crippen molar-refractivity contribution in [1.29, 1.82) is 0 Å². The molecule has 1 aromatic carbocycles. The van der Waals surface area contributed by atoms with E-state index in [2.05, 4.69) is 20.5 Å². The molecule has 1 aromatic heterocycles. The summed E-state index contributed by atoms with van der Waals surface area (Å²) in [6.45, 7) is 5.67. The summed E-state index contributed by atoms with van der Waals surface area (Å²) in [6.07, 6.45) is 0. The quantitative estimate of drug-likeness (QED) is 0.681. The largest absolute Gasteiger partial charge is 0.245 e. The van der Waals surface area contributed by atoms with Crippen LogP contribution < -0.4 is 5.43 Å². The maximum Gasteiger partial charge on any atom is 0.243 e. The van der Waals surface area contributed by atoms with Crippen molar-refractivity contribution in [3.8, 4) is 0 Å². The van der Waals surface area contributed by atoms with Crippen molar-refractivity contribution in [2.75, 3.05) is 5.43 Å². The smallest absolute Gasteiger partial charge is 0.243 e. The van der Waals surface area contributed by atoms with Gasteiger partial charge in [0, 0.05) is 22.0 Å². The van der Waals surface area contributed by atoms with Crippen LogP contribution in [0.3, 0.4) is 0 Å². The van der Waals surface area contributed by atoms with Crippen molar-refractivity contribution in [1.82, 2.24) is 9.97 Å². The monoisotopic (exact) mass is 308 g/mol. The fourth-order valence-electron chi connectivity index (χ4n) is 1.75. The van der Waals surface area contributed by atoms with Crippen molar-refractivity contribution in [3.63, 3.8) is 0 Å². The molecule has 2 aromatic rings. The summed E-state index contributed by atoms with van der Waals surface area (Å²) in [6, 6.07) is 7.19. The Bertz CT molecular complexity index is 648. The maximum atomic E-state index is 6.13. The Morgan fingerprint density at radius 2 is 1.75 bits per heavy atom. The van der Waals surface area contributed by atoms with E-state index in [4.69, 9.17) is 23.2 Å². The second kappa shape index (κ2) is 6.20. The number of aryl methyl sites for hydroxylation is 2. The Labute approximate surface area is 127 Å². The first-order valence-electron chi connectivity index (χ1n) is 6.03. The Morgan fingerprint density at radius 3 is 2.35 bits per heavy atom. The van der Waals surface area contributed by atoms with Crippen LogP contribution in [0.4, 0.5) is 5.95 Å². The third kappa shape index (κ3) is 3.68. The summed E-state index contributed by atoms with van der Waals surface area (Å²) in [7, 11) is 0. The highest BCUT2D eigenvalue weighted by Gasteiger charge is 2.05. The molecule has 0 aliphatic heterocycles. The number of nitrogens with one attached hydrogen (secondary N) is 1. The summed E-state index contributed by atoms with van der Waals surface area (Å²) < 4.78 is 0. The van der Waals surface area contributed by atoms with Crippen LogP contribution >= 0.6 is 23.2 Å². The molecule has 0 atom stereocenters. The molecular weight excluding hydrogens is 295 g/mol.